The summed E-state index contributed by atoms with van der Waals surface area (Å²) in [6.45, 7) is 4.04. The van der Waals surface area contributed by atoms with Gasteiger partial charge in [0.25, 0.3) is 5.91 Å². The van der Waals surface area contributed by atoms with Crippen LogP contribution in [0.1, 0.15) is 27.8 Å². The van der Waals surface area contributed by atoms with Crippen LogP contribution in [0.2, 0.25) is 0 Å². The van der Waals surface area contributed by atoms with E-state index in [-0.39, 0.29) is 5.91 Å². The molecule has 0 aliphatic rings. The fourth-order valence-corrected chi connectivity index (χ4v) is 1.77. The van der Waals surface area contributed by atoms with Crippen molar-refractivity contribution in [2.45, 2.75) is 20.3 Å². The Labute approximate surface area is 116 Å². The molecular formula is C13H17N5O2. The average molecular weight is 275 g/mol. The summed E-state index contributed by atoms with van der Waals surface area (Å²) in [6, 6.07) is 1.83. The first-order chi connectivity index (χ1) is 9.60. The first kappa shape index (κ1) is 14.0. The van der Waals surface area contributed by atoms with E-state index in [4.69, 9.17) is 4.52 Å². The van der Waals surface area contributed by atoms with Gasteiger partial charge in [-0.2, -0.15) is 4.98 Å². The third-order valence-corrected chi connectivity index (χ3v) is 2.76. The number of aromatic nitrogens is 3. The van der Waals surface area contributed by atoms with E-state index >= 15 is 0 Å². The molecular weight excluding hydrogens is 258 g/mol. The molecule has 0 radical (unpaired) electrons. The lowest BCUT2D eigenvalue weighted by Gasteiger charge is -2.09. The fourth-order valence-electron chi connectivity index (χ4n) is 1.77. The average Bonchev–Trinajstić information content (AvgIpc) is 2.84. The Morgan fingerprint density at radius 2 is 2.20 bits per heavy atom. The summed E-state index contributed by atoms with van der Waals surface area (Å²) in [6.07, 6.45) is 2.09. The second kappa shape index (κ2) is 6.14. The SMILES string of the molecule is CNc1cc(C)ncc1C(=O)NCCc1noc(C)n1. The highest BCUT2D eigenvalue weighted by atomic mass is 16.5. The van der Waals surface area contributed by atoms with Gasteiger partial charge < -0.3 is 15.2 Å². The first-order valence-electron chi connectivity index (χ1n) is 6.32. The second-order valence-electron chi connectivity index (χ2n) is 4.36. The molecule has 7 heteroatoms. The summed E-state index contributed by atoms with van der Waals surface area (Å²) < 4.78 is 4.86. The molecule has 0 aromatic carbocycles. The van der Waals surface area contributed by atoms with Gasteiger partial charge in [0, 0.05) is 38.8 Å². The molecule has 7 nitrogen and oxygen atoms in total. The van der Waals surface area contributed by atoms with Gasteiger partial charge in [0.15, 0.2) is 5.82 Å². The van der Waals surface area contributed by atoms with Gasteiger partial charge >= 0.3 is 0 Å². The second-order valence-corrected chi connectivity index (χ2v) is 4.36. The molecule has 20 heavy (non-hydrogen) atoms. The van der Waals surface area contributed by atoms with Crippen molar-refractivity contribution in [3.05, 3.63) is 35.2 Å². The molecule has 0 saturated heterocycles. The van der Waals surface area contributed by atoms with Crippen LogP contribution in [-0.4, -0.2) is 34.6 Å². The lowest BCUT2D eigenvalue weighted by molar-refractivity contribution is 0.0954. The summed E-state index contributed by atoms with van der Waals surface area (Å²) >= 11 is 0. The molecule has 0 aliphatic carbocycles. The summed E-state index contributed by atoms with van der Waals surface area (Å²) in [5.41, 5.74) is 2.13. The standard InChI is InChI=1S/C13H17N5O2/c1-8-6-11(14-3)10(7-16-8)13(19)15-5-4-12-17-9(2)20-18-12/h6-7H,4-5H2,1-3H3,(H,14,16)(H,15,19). The van der Waals surface area contributed by atoms with E-state index in [0.717, 1.165) is 11.4 Å². The van der Waals surface area contributed by atoms with Crippen LogP contribution in [0.25, 0.3) is 0 Å². The molecule has 0 aliphatic heterocycles. The summed E-state index contributed by atoms with van der Waals surface area (Å²) in [5.74, 6) is 0.923. The van der Waals surface area contributed by atoms with Gasteiger partial charge in [-0.3, -0.25) is 9.78 Å². The number of rotatable bonds is 5. The molecule has 2 heterocycles. The maximum Gasteiger partial charge on any atom is 0.254 e. The zero-order valence-electron chi connectivity index (χ0n) is 11.7. The number of aryl methyl sites for hydroxylation is 2. The van der Waals surface area contributed by atoms with E-state index in [2.05, 4.69) is 25.8 Å². The molecule has 0 fully saturated rings. The third kappa shape index (κ3) is 3.31. The Balaban J connectivity index is 1.95. The topological polar surface area (TPSA) is 92.9 Å². The van der Waals surface area contributed by atoms with Gasteiger partial charge in [-0.05, 0) is 13.0 Å². The number of hydrogen-bond donors (Lipinski definition) is 2. The molecule has 0 atom stereocenters. The van der Waals surface area contributed by atoms with E-state index in [1.807, 2.05) is 13.0 Å². The van der Waals surface area contributed by atoms with Crippen LogP contribution >= 0.6 is 0 Å². The predicted octanol–water partition coefficient (Wildman–Crippen LogP) is 1.10. The minimum Gasteiger partial charge on any atom is -0.387 e. The highest BCUT2D eigenvalue weighted by molar-refractivity contribution is 5.99. The molecule has 0 unspecified atom stereocenters. The monoisotopic (exact) mass is 275 g/mol. The Hall–Kier alpha value is -2.44. The molecule has 0 spiro atoms. The molecule has 2 aromatic heterocycles. The Morgan fingerprint density at radius 1 is 1.40 bits per heavy atom. The predicted molar refractivity (Wildman–Crippen MR) is 73.6 cm³/mol. The van der Waals surface area contributed by atoms with Crippen LogP contribution < -0.4 is 10.6 Å². The molecule has 0 saturated carbocycles. The van der Waals surface area contributed by atoms with E-state index < -0.39 is 0 Å². The molecule has 2 N–H and O–H groups in total. The van der Waals surface area contributed by atoms with Crippen molar-refractivity contribution in [2.75, 3.05) is 18.9 Å². The zero-order chi connectivity index (χ0) is 14.5. The van der Waals surface area contributed by atoms with Crippen LogP contribution in [-0.2, 0) is 6.42 Å². The minimum absolute atomic E-state index is 0.179. The number of carbonyl (C=O) groups is 1. The van der Waals surface area contributed by atoms with Crippen molar-refractivity contribution in [1.29, 1.82) is 0 Å². The van der Waals surface area contributed by atoms with Crippen LogP contribution in [0.5, 0.6) is 0 Å². The van der Waals surface area contributed by atoms with Crippen LogP contribution in [0.4, 0.5) is 5.69 Å². The first-order valence-corrected chi connectivity index (χ1v) is 6.32. The number of nitrogens with one attached hydrogen (secondary N) is 2. The van der Waals surface area contributed by atoms with Crippen molar-refractivity contribution in [3.63, 3.8) is 0 Å². The Bertz CT molecular complexity index is 609. The summed E-state index contributed by atoms with van der Waals surface area (Å²) in [4.78, 5) is 20.3. The Kier molecular flexibility index (Phi) is 4.29. The van der Waals surface area contributed by atoms with Crippen LogP contribution in [0.3, 0.4) is 0 Å². The van der Waals surface area contributed by atoms with Crippen molar-refractivity contribution in [3.8, 4) is 0 Å². The highest BCUT2D eigenvalue weighted by Crippen LogP contribution is 2.14. The van der Waals surface area contributed by atoms with Crippen LogP contribution in [0, 0.1) is 13.8 Å². The van der Waals surface area contributed by atoms with Crippen molar-refractivity contribution in [2.24, 2.45) is 0 Å². The maximum absolute atomic E-state index is 12.1. The lowest BCUT2D eigenvalue weighted by atomic mass is 10.2. The summed E-state index contributed by atoms with van der Waals surface area (Å²) in [7, 11) is 1.77. The number of nitrogens with zero attached hydrogens (tertiary/aromatic N) is 3. The zero-order valence-corrected chi connectivity index (χ0v) is 11.7. The van der Waals surface area contributed by atoms with Crippen molar-refractivity contribution in [1.82, 2.24) is 20.4 Å². The molecule has 2 rings (SSSR count). The van der Waals surface area contributed by atoms with Gasteiger partial charge in [0.05, 0.1) is 11.3 Å². The highest BCUT2D eigenvalue weighted by Gasteiger charge is 2.11. The summed E-state index contributed by atoms with van der Waals surface area (Å²) in [5, 5.41) is 9.57. The number of amides is 1. The van der Waals surface area contributed by atoms with E-state index in [1.165, 1.54) is 0 Å². The molecule has 0 bridgehead atoms. The van der Waals surface area contributed by atoms with Gasteiger partial charge in [-0.1, -0.05) is 5.16 Å². The normalized spacial score (nSPS) is 10.3. The number of hydrogen-bond acceptors (Lipinski definition) is 6. The van der Waals surface area contributed by atoms with Gasteiger partial charge in [0.2, 0.25) is 5.89 Å². The molecule has 106 valence electrons. The van der Waals surface area contributed by atoms with Crippen LogP contribution in [0.15, 0.2) is 16.8 Å². The van der Waals surface area contributed by atoms with Gasteiger partial charge in [-0.15, -0.1) is 0 Å². The van der Waals surface area contributed by atoms with Gasteiger partial charge in [-0.25, -0.2) is 0 Å². The van der Waals surface area contributed by atoms with E-state index in [1.54, 1.807) is 20.2 Å². The van der Waals surface area contributed by atoms with E-state index in [9.17, 15) is 4.79 Å². The largest absolute Gasteiger partial charge is 0.387 e. The number of anilines is 1. The fraction of sp³-hybridized carbons (Fsp3) is 0.385. The minimum atomic E-state index is -0.179. The lowest BCUT2D eigenvalue weighted by Crippen LogP contribution is -2.27. The van der Waals surface area contributed by atoms with Crippen molar-refractivity contribution >= 4 is 11.6 Å². The Morgan fingerprint density at radius 3 is 2.85 bits per heavy atom. The third-order valence-electron chi connectivity index (χ3n) is 2.76. The van der Waals surface area contributed by atoms with E-state index in [0.29, 0.717) is 30.2 Å². The maximum atomic E-state index is 12.1. The quantitative estimate of drug-likeness (QED) is 0.848. The molecule has 2 aromatic rings. The number of carbonyl (C=O) groups excluding carboxylic acids is 1. The van der Waals surface area contributed by atoms with Crippen molar-refractivity contribution < 1.29 is 9.32 Å². The van der Waals surface area contributed by atoms with Gasteiger partial charge in [0.1, 0.15) is 0 Å². The smallest absolute Gasteiger partial charge is 0.254 e. The number of pyridine rings is 1. The molecule has 1 amide bonds.